The van der Waals surface area contributed by atoms with Gasteiger partial charge in [-0.2, -0.15) is 0 Å². The van der Waals surface area contributed by atoms with Crippen LogP contribution < -0.4 is 10.6 Å². The Bertz CT molecular complexity index is 391. The zero-order valence-electron chi connectivity index (χ0n) is 11.2. The third-order valence-corrected chi connectivity index (χ3v) is 2.75. The van der Waals surface area contributed by atoms with E-state index in [1.165, 1.54) is 0 Å². The molecule has 1 aromatic rings. The average Bonchev–Trinajstić information content (AvgIpc) is 2.37. The summed E-state index contributed by atoms with van der Waals surface area (Å²) in [6.45, 7) is 4.10. The van der Waals surface area contributed by atoms with Gasteiger partial charge in [-0.3, -0.25) is 4.79 Å². The monoisotopic (exact) mass is 250 g/mol. The van der Waals surface area contributed by atoms with Gasteiger partial charge in [-0.15, -0.1) is 0 Å². The van der Waals surface area contributed by atoms with E-state index in [4.69, 9.17) is 0 Å². The molecular weight excluding hydrogens is 228 g/mol. The number of amides is 1. The van der Waals surface area contributed by atoms with Gasteiger partial charge in [0.1, 0.15) is 0 Å². The van der Waals surface area contributed by atoms with E-state index in [1.54, 1.807) is 13.1 Å². The Labute approximate surface area is 108 Å². The highest BCUT2D eigenvalue weighted by atomic mass is 16.3. The van der Waals surface area contributed by atoms with Gasteiger partial charge in [0.2, 0.25) is 0 Å². The fraction of sp³-hybridized carbons (Fsp3) is 0.500. The number of para-hydroxylation sites is 1. The van der Waals surface area contributed by atoms with Crippen molar-refractivity contribution >= 4 is 11.6 Å². The lowest BCUT2D eigenvalue weighted by Crippen LogP contribution is -2.38. The van der Waals surface area contributed by atoms with Crippen LogP contribution in [0.4, 0.5) is 5.69 Å². The molecule has 0 aliphatic heterocycles. The lowest BCUT2D eigenvalue weighted by molar-refractivity contribution is 0.0909. The van der Waals surface area contributed by atoms with Crippen LogP contribution in [0.3, 0.4) is 0 Å². The summed E-state index contributed by atoms with van der Waals surface area (Å²) in [6.07, 6.45) is 0.768. The van der Waals surface area contributed by atoms with Gasteiger partial charge in [0.25, 0.3) is 5.91 Å². The highest BCUT2D eigenvalue weighted by Crippen LogP contribution is 2.14. The molecule has 1 rings (SSSR count). The first kappa shape index (κ1) is 14.5. The number of carbonyl (C=O) groups is 1. The topological polar surface area (TPSA) is 61.4 Å². The van der Waals surface area contributed by atoms with Crippen molar-refractivity contribution in [3.63, 3.8) is 0 Å². The number of hydrogen-bond donors (Lipinski definition) is 3. The summed E-state index contributed by atoms with van der Waals surface area (Å²) in [7, 11) is 1.78. The minimum atomic E-state index is -0.192. The van der Waals surface area contributed by atoms with Gasteiger partial charge in [0.15, 0.2) is 0 Å². The van der Waals surface area contributed by atoms with E-state index in [0.29, 0.717) is 11.5 Å². The van der Waals surface area contributed by atoms with Crippen molar-refractivity contribution in [1.82, 2.24) is 5.32 Å². The van der Waals surface area contributed by atoms with Gasteiger partial charge < -0.3 is 15.7 Å². The normalized spacial score (nSPS) is 12.3. The molecule has 1 atom stereocenters. The Balaban J connectivity index is 2.74. The summed E-state index contributed by atoms with van der Waals surface area (Å²) in [5.41, 5.74) is 1.39. The fourth-order valence-electron chi connectivity index (χ4n) is 1.91. The Kier molecular flexibility index (Phi) is 5.65. The molecule has 1 amide bonds. The molecule has 0 aromatic heterocycles. The molecule has 100 valence electrons. The Morgan fingerprint density at radius 1 is 1.33 bits per heavy atom. The molecule has 1 aromatic carbocycles. The summed E-state index contributed by atoms with van der Waals surface area (Å²) >= 11 is 0. The predicted molar refractivity (Wildman–Crippen MR) is 73.8 cm³/mol. The molecule has 3 N–H and O–H groups in total. The summed E-state index contributed by atoms with van der Waals surface area (Å²) in [4.78, 5) is 12.1. The standard InChI is InChI=1S/C14H22N2O2/c1-10(2)8-11(9-17)16-14(18)12-6-4-5-7-13(12)15-3/h4-7,10-11,15,17H,8-9H2,1-3H3,(H,16,18). The number of hydrogen-bond acceptors (Lipinski definition) is 3. The molecule has 0 heterocycles. The van der Waals surface area contributed by atoms with Crippen LogP contribution in [0, 0.1) is 5.92 Å². The van der Waals surface area contributed by atoms with Gasteiger partial charge >= 0.3 is 0 Å². The lowest BCUT2D eigenvalue weighted by Gasteiger charge is -2.19. The smallest absolute Gasteiger partial charge is 0.253 e. The van der Waals surface area contributed by atoms with Crippen molar-refractivity contribution in [1.29, 1.82) is 0 Å². The van der Waals surface area contributed by atoms with Gasteiger partial charge in [-0.25, -0.2) is 0 Å². The second-order valence-electron chi connectivity index (χ2n) is 4.78. The van der Waals surface area contributed by atoms with Crippen molar-refractivity contribution in [2.24, 2.45) is 5.92 Å². The first-order valence-corrected chi connectivity index (χ1v) is 6.27. The number of benzene rings is 1. The van der Waals surface area contributed by atoms with E-state index in [0.717, 1.165) is 12.1 Å². The van der Waals surface area contributed by atoms with Crippen molar-refractivity contribution in [3.8, 4) is 0 Å². The van der Waals surface area contributed by atoms with Gasteiger partial charge in [0, 0.05) is 12.7 Å². The van der Waals surface area contributed by atoms with Crippen LogP contribution >= 0.6 is 0 Å². The number of aliphatic hydroxyl groups excluding tert-OH is 1. The Hall–Kier alpha value is -1.55. The number of anilines is 1. The van der Waals surface area contributed by atoms with Gasteiger partial charge in [-0.05, 0) is 24.5 Å². The van der Waals surface area contributed by atoms with Crippen molar-refractivity contribution in [3.05, 3.63) is 29.8 Å². The minimum Gasteiger partial charge on any atom is -0.394 e. The van der Waals surface area contributed by atoms with Crippen LogP contribution in [0.5, 0.6) is 0 Å². The Morgan fingerprint density at radius 3 is 2.56 bits per heavy atom. The molecule has 18 heavy (non-hydrogen) atoms. The van der Waals surface area contributed by atoms with Crippen LogP contribution in [0.15, 0.2) is 24.3 Å². The summed E-state index contributed by atoms with van der Waals surface area (Å²) in [6, 6.07) is 7.13. The molecule has 0 saturated heterocycles. The summed E-state index contributed by atoms with van der Waals surface area (Å²) < 4.78 is 0. The quantitative estimate of drug-likeness (QED) is 0.722. The third-order valence-electron chi connectivity index (χ3n) is 2.75. The summed E-state index contributed by atoms with van der Waals surface area (Å²) in [5.74, 6) is 0.279. The molecule has 0 spiro atoms. The Morgan fingerprint density at radius 2 is 2.00 bits per heavy atom. The number of carbonyl (C=O) groups excluding carboxylic acids is 1. The molecule has 0 aliphatic rings. The molecule has 4 heteroatoms. The van der Waals surface area contributed by atoms with Gasteiger partial charge in [-0.1, -0.05) is 26.0 Å². The van der Waals surface area contributed by atoms with Crippen molar-refractivity contribution in [2.75, 3.05) is 19.0 Å². The van der Waals surface area contributed by atoms with E-state index in [2.05, 4.69) is 24.5 Å². The van der Waals surface area contributed by atoms with Crippen LogP contribution in [0.25, 0.3) is 0 Å². The van der Waals surface area contributed by atoms with Crippen molar-refractivity contribution < 1.29 is 9.90 Å². The average molecular weight is 250 g/mol. The molecule has 4 nitrogen and oxygen atoms in total. The highest BCUT2D eigenvalue weighted by molar-refractivity contribution is 5.99. The van der Waals surface area contributed by atoms with Crippen molar-refractivity contribution in [2.45, 2.75) is 26.3 Å². The molecule has 0 radical (unpaired) electrons. The number of nitrogens with one attached hydrogen (secondary N) is 2. The minimum absolute atomic E-state index is 0.0361. The van der Waals surface area contributed by atoms with E-state index in [1.807, 2.05) is 18.2 Å². The molecular formula is C14H22N2O2. The molecule has 0 bridgehead atoms. The van der Waals surface area contributed by atoms with E-state index < -0.39 is 0 Å². The third kappa shape index (κ3) is 4.04. The van der Waals surface area contributed by atoms with E-state index >= 15 is 0 Å². The van der Waals surface area contributed by atoms with E-state index in [-0.39, 0.29) is 18.6 Å². The maximum atomic E-state index is 12.1. The van der Waals surface area contributed by atoms with Crippen LogP contribution in [0.2, 0.25) is 0 Å². The van der Waals surface area contributed by atoms with Crippen LogP contribution in [0.1, 0.15) is 30.6 Å². The zero-order valence-corrected chi connectivity index (χ0v) is 11.2. The molecule has 0 aliphatic carbocycles. The zero-order chi connectivity index (χ0) is 13.5. The number of aliphatic hydroxyl groups is 1. The molecule has 0 saturated carbocycles. The predicted octanol–water partition coefficient (Wildman–Crippen LogP) is 1.87. The molecule has 1 unspecified atom stereocenters. The first-order valence-electron chi connectivity index (χ1n) is 6.27. The fourth-order valence-corrected chi connectivity index (χ4v) is 1.91. The van der Waals surface area contributed by atoms with Gasteiger partial charge in [0.05, 0.1) is 18.2 Å². The highest BCUT2D eigenvalue weighted by Gasteiger charge is 2.16. The lowest BCUT2D eigenvalue weighted by atomic mass is 10.0. The second kappa shape index (κ2) is 7.01. The largest absolute Gasteiger partial charge is 0.394 e. The number of rotatable bonds is 6. The van der Waals surface area contributed by atoms with E-state index in [9.17, 15) is 9.90 Å². The maximum absolute atomic E-state index is 12.1. The van der Waals surface area contributed by atoms with Crippen LogP contribution in [-0.4, -0.2) is 30.7 Å². The maximum Gasteiger partial charge on any atom is 0.253 e. The second-order valence-corrected chi connectivity index (χ2v) is 4.78. The molecule has 0 fully saturated rings. The van der Waals surface area contributed by atoms with Crippen LogP contribution in [-0.2, 0) is 0 Å². The SMILES string of the molecule is CNc1ccccc1C(=O)NC(CO)CC(C)C. The summed E-state index contributed by atoms with van der Waals surface area (Å²) in [5, 5.41) is 15.1. The first-order chi connectivity index (χ1) is 8.58.